The van der Waals surface area contributed by atoms with Gasteiger partial charge in [0, 0.05) is 10.7 Å². The van der Waals surface area contributed by atoms with Crippen LogP contribution in [0.4, 0.5) is 10.2 Å². The monoisotopic (exact) mass is 434 g/mol. The lowest BCUT2D eigenvalue weighted by Gasteiger charge is -2.21. The molecular formula is C22H16ClFN6O. The van der Waals surface area contributed by atoms with E-state index in [-0.39, 0.29) is 17.0 Å². The number of rotatable bonds is 4. The first kappa shape index (κ1) is 19.2. The van der Waals surface area contributed by atoms with Gasteiger partial charge >= 0.3 is 0 Å². The Morgan fingerprint density at radius 3 is 2.84 bits per heavy atom. The number of benzene rings is 2. The summed E-state index contributed by atoms with van der Waals surface area (Å²) < 4.78 is 15.4. The van der Waals surface area contributed by atoms with Crippen molar-refractivity contribution in [2.24, 2.45) is 0 Å². The van der Waals surface area contributed by atoms with Gasteiger partial charge in [0.1, 0.15) is 17.7 Å². The van der Waals surface area contributed by atoms with E-state index in [2.05, 4.69) is 25.3 Å². The number of hydrogen-bond donors (Lipinski definition) is 2. The zero-order valence-electron chi connectivity index (χ0n) is 16.3. The van der Waals surface area contributed by atoms with Crippen LogP contribution in [0.25, 0.3) is 27.6 Å². The zero-order chi connectivity index (χ0) is 21.5. The highest BCUT2D eigenvalue weighted by atomic mass is 35.5. The number of H-pyrrole nitrogens is 1. The van der Waals surface area contributed by atoms with Crippen LogP contribution in [0.3, 0.4) is 0 Å². The number of imidazole rings is 1. The molecule has 2 N–H and O–H groups in total. The number of nitrogens with zero attached hydrogens (tertiary/aromatic N) is 4. The molecule has 9 heteroatoms. The second kappa shape index (κ2) is 7.48. The molecule has 7 nitrogen and oxygen atoms in total. The summed E-state index contributed by atoms with van der Waals surface area (Å²) in [6, 6.07) is 12.7. The summed E-state index contributed by atoms with van der Waals surface area (Å²) >= 11 is 6.19. The summed E-state index contributed by atoms with van der Waals surface area (Å²) in [5, 5.41) is 4.73. The highest BCUT2D eigenvalue weighted by Crippen LogP contribution is 2.26. The van der Waals surface area contributed by atoms with E-state index in [9.17, 15) is 9.18 Å². The Morgan fingerprint density at radius 2 is 2.00 bits per heavy atom. The smallest absolute Gasteiger partial charge is 0.263 e. The number of anilines is 1. The maximum atomic E-state index is 13.9. The molecule has 0 aliphatic carbocycles. The molecule has 5 rings (SSSR count). The minimum absolute atomic E-state index is 0.285. The number of aromatic amines is 1. The largest absolute Gasteiger partial charge is 0.360 e. The van der Waals surface area contributed by atoms with Gasteiger partial charge in [0.2, 0.25) is 0 Å². The zero-order valence-corrected chi connectivity index (χ0v) is 17.1. The van der Waals surface area contributed by atoms with Gasteiger partial charge in [-0.3, -0.25) is 9.36 Å². The van der Waals surface area contributed by atoms with Crippen molar-refractivity contribution >= 4 is 39.4 Å². The lowest BCUT2D eigenvalue weighted by Crippen LogP contribution is -2.25. The molecule has 0 radical (unpaired) electrons. The minimum Gasteiger partial charge on any atom is -0.360 e. The Hall–Kier alpha value is -3.78. The average Bonchev–Trinajstić information content (AvgIpc) is 3.24. The van der Waals surface area contributed by atoms with E-state index in [0.717, 1.165) is 0 Å². The van der Waals surface area contributed by atoms with Gasteiger partial charge in [-0.1, -0.05) is 23.7 Å². The third-order valence-electron chi connectivity index (χ3n) is 5.09. The normalized spacial score (nSPS) is 12.4. The standard InChI is InChI=1S/C22H16ClFN6O/c1-12(29-21-19-20(26-10-25-19)27-11-28-21)18-7-13-5-6-15(24)9-17(13)22(31)30(18)16-4-2-3-14(23)8-16/h2-12H,1H3,(H2,25,26,27,28,29). The second-order valence-electron chi connectivity index (χ2n) is 7.11. The number of hydrogen-bond acceptors (Lipinski definition) is 5. The van der Waals surface area contributed by atoms with Crippen molar-refractivity contribution in [3.63, 3.8) is 0 Å². The van der Waals surface area contributed by atoms with Crippen LogP contribution in [0.15, 0.2) is 66.0 Å². The highest BCUT2D eigenvalue weighted by Gasteiger charge is 2.18. The Bertz CT molecular complexity index is 1490. The second-order valence-corrected chi connectivity index (χ2v) is 7.55. The first-order valence-electron chi connectivity index (χ1n) is 9.53. The molecule has 5 aromatic rings. The van der Waals surface area contributed by atoms with Gasteiger partial charge in [0.05, 0.1) is 23.4 Å². The first-order valence-corrected chi connectivity index (χ1v) is 9.91. The van der Waals surface area contributed by atoms with E-state index in [1.807, 2.05) is 13.0 Å². The maximum absolute atomic E-state index is 13.9. The quantitative estimate of drug-likeness (QED) is 0.431. The van der Waals surface area contributed by atoms with Gasteiger partial charge in [-0.15, -0.1) is 0 Å². The van der Waals surface area contributed by atoms with Gasteiger partial charge in [-0.05, 0) is 48.7 Å². The van der Waals surface area contributed by atoms with Gasteiger partial charge in [-0.2, -0.15) is 0 Å². The van der Waals surface area contributed by atoms with Crippen molar-refractivity contribution in [1.29, 1.82) is 0 Å². The molecule has 154 valence electrons. The van der Waals surface area contributed by atoms with E-state index in [1.54, 1.807) is 36.7 Å². The Balaban J connectivity index is 1.71. The van der Waals surface area contributed by atoms with E-state index in [1.165, 1.54) is 23.0 Å². The van der Waals surface area contributed by atoms with Crippen LogP contribution in [0.5, 0.6) is 0 Å². The maximum Gasteiger partial charge on any atom is 0.263 e. The molecule has 0 amide bonds. The molecule has 0 saturated carbocycles. The molecule has 0 fully saturated rings. The van der Waals surface area contributed by atoms with Crippen LogP contribution < -0.4 is 10.9 Å². The summed E-state index contributed by atoms with van der Waals surface area (Å²) in [5.41, 5.74) is 2.10. The van der Waals surface area contributed by atoms with Crippen molar-refractivity contribution in [2.75, 3.05) is 5.32 Å². The summed E-state index contributed by atoms with van der Waals surface area (Å²) in [7, 11) is 0. The lowest BCUT2D eigenvalue weighted by molar-refractivity contribution is 0.629. The molecule has 1 atom stereocenters. The average molecular weight is 435 g/mol. The SMILES string of the molecule is CC(Nc1ncnc2[nH]cnc12)c1cc2ccc(F)cc2c(=O)n1-c1cccc(Cl)c1. The predicted octanol–water partition coefficient (Wildman–Crippen LogP) is 4.62. The van der Waals surface area contributed by atoms with Gasteiger partial charge in [0.15, 0.2) is 11.5 Å². The summed E-state index contributed by atoms with van der Waals surface area (Å²) in [6.07, 6.45) is 2.98. The van der Waals surface area contributed by atoms with E-state index in [0.29, 0.717) is 38.8 Å². The lowest BCUT2D eigenvalue weighted by atomic mass is 10.1. The number of pyridine rings is 1. The van der Waals surface area contributed by atoms with Gasteiger partial charge in [0.25, 0.3) is 5.56 Å². The minimum atomic E-state index is -0.469. The van der Waals surface area contributed by atoms with E-state index in [4.69, 9.17) is 11.6 Å². The van der Waals surface area contributed by atoms with Crippen LogP contribution in [0.1, 0.15) is 18.7 Å². The van der Waals surface area contributed by atoms with E-state index < -0.39 is 5.82 Å². The van der Waals surface area contributed by atoms with Crippen molar-refractivity contribution in [3.05, 3.63) is 88.1 Å². The fourth-order valence-corrected chi connectivity index (χ4v) is 3.84. The number of aromatic nitrogens is 5. The number of fused-ring (bicyclic) bond motifs is 2. The van der Waals surface area contributed by atoms with Crippen molar-refractivity contribution < 1.29 is 4.39 Å². The van der Waals surface area contributed by atoms with Crippen LogP contribution in [-0.4, -0.2) is 24.5 Å². The molecule has 3 aromatic heterocycles. The topological polar surface area (TPSA) is 88.5 Å². The number of nitrogens with one attached hydrogen (secondary N) is 2. The Labute approximate surface area is 180 Å². The third kappa shape index (κ3) is 3.40. The van der Waals surface area contributed by atoms with Crippen LogP contribution >= 0.6 is 11.6 Å². The fraction of sp³-hybridized carbons (Fsp3) is 0.0909. The van der Waals surface area contributed by atoms with Crippen molar-refractivity contribution in [3.8, 4) is 5.69 Å². The molecule has 31 heavy (non-hydrogen) atoms. The summed E-state index contributed by atoms with van der Waals surface area (Å²) in [5.74, 6) is 0.0612. The molecule has 0 aliphatic heterocycles. The first-order chi connectivity index (χ1) is 15.0. The van der Waals surface area contributed by atoms with Crippen LogP contribution in [0, 0.1) is 5.82 Å². The summed E-state index contributed by atoms with van der Waals surface area (Å²) in [4.78, 5) is 29.1. The Kier molecular flexibility index (Phi) is 4.63. The third-order valence-corrected chi connectivity index (χ3v) is 5.33. The molecule has 3 heterocycles. The van der Waals surface area contributed by atoms with Crippen LogP contribution in [0.2, 0.25) is 5.02 Å². The summed E-state index contributed by atoms with van der Waals surface area (Å²) in [6.45, 7) is 1.91. The van der Waals surface area contributed by atoms with Gasteiger partial charge in [-0.25, -0.2) is 19.3 Å². The molecular weight excluding hydrogens is 419 g/mol. The van der Waals surface area contributed by atoms with Crippen LogP contribution in [-0.2, 0) is 0 Å². The Morgan fingerprint density at radius 1 is 1.13 bits per heavy atom. The van der Waals surface area contributed by atoms with Gasteiger partial charge < -0.3 is 10.3 Å². The molecule has 0 aliphatic rings. The number of halogens is 2. The molecule has 0 bridgehead atoms. The molecule has 0 spiro atoms. The predicted molar refractivity (Wildman–Crippen MR) is 118 cm³/mol. The van der Waals surface area contributed by atoms with E-state index >= 15 is 0 Å². The highest BCUT2D eigenvalue weighted by molar-refractivity contribution is 6.30. The fourth-order valence-electron chi connectivity index (χ4n) is 3.65. The molecule has 0 saturated heterocycles. The molecule has 1 unspecified atom stereocenters. The van der Waals surface area contributed by atoms with Crippen molar-refractivity contribution in [1.82, 2.24) is 24.5 Å². The van der Waals surface area contributed by atoms with Crippen molar-refractivity contribution in [2.45, 2.75) is 13.0 Å². The molecule has 2 aromatic carbocycles.